The molecule has 0 spiro atoms. The molecule has 0 atom stereocenters. The van der Waals surface area contributed by atoms with Crippen molar-refractivity contribution in [3.05, 3.63) is 18.2 Å². The van der Waals surface area contributed by atoms with Crippen molar-refractivity contribution < 1.29 is 9.53 Å². The highest BCUT2D eigenvalue weighted by atomic mass is 32.2. The van der Waals surface area contributed by atoms with E-state index in [2.05, 4.69) is 5.32 Å². The van der Waals surface area contributed by atoms with Crippen molar-refractivity contribution in [2.24, 2.45) is 0 Å². The van der Waals surface area contributed by atoms with Crippen LogP contribution in [0.25, 0.3) is 0 Å². The van der Waals surface area contributed by atoms with Gasteiger partial charge in [-0.3, -0.25) is 4.79 Å². The molecule has 6 heteroatoms. The van der Waals surface area contributed by atoms with Crippen LogP contribution >= 0.6 is 11.8 Å². The Labute approximate surface area is 104 Å². The van der Waals surface area contributed by atoms with Crippen LogP contribution in [-0.4, -0.2) is 25.3 Å². The number of thioether (sulfide) groups is 1. The van der Waals surface area contributed by atoms with Gasteiger partial charge in [0.1, 0.15) is 12.3 Å². The van der Waals surface area contributed by atoms with E-state index < -0.39 is 0 Å². The second-order valence-electron chi connectivity index (χ2n) is 3.13. The molecule has 0 fully saturated rings. The molecule has 1 aromatic rings. The van der Waals surface area contributed by atoms with Crippen LogP contribution in [0.2, 0.25) is 0 Å². The average molecular weight is 251 g/mol. The number of amides is 1. The van der Waals surface area contributed by atoms with Crippen molar-refractivity contribution in [3.8, 4) is 11.8 Å². The van der Waals surface area contributed by atoms with E-state index in [1.807, 2.05) is 6.07 Å². The van der Waals surface area contributed by atoms with Crippen molar-refractivity contribution in [2.45, 2.75) is 4.90 Å². The molecule has 1 rings (SSSR count). The van der Waals surface area contributed by atoms with E-state index in [-0.39, 0.29) is 18.2 Å². The first-order valence-corrected chi connectivity index (χ1v) is 5.86. The van der Waals surface area contributed by atoms with Gasteiger partial charge in [-0.05, 0) is 12.1 Å². The SMILES string of the molecule is COc1cc(N)ccc1SCC(=O)NCC#N. The van der Waals surface area contributed by atoms with Gasteiger partial charge in [0.15, 0.2) is 0 Å². The number of nitrogens with two attached hydrogens (primary N) is 1. The molecule has 90 valence electrons. The standard InChI is InChI=1S/C11H13N3O2S/c1-16-9-6-8(13)2-3-10(9)17-7-11(15)14-5-4-12/h2-3,6H,5,7,13H2,1H3,(H,14,15). The summed E-state index contributed by atoms with van der Waals surface area (Å²) in [7, 11) is 1.55. The number of nitriles is 1. The van der Waals surface area contributed by atoms with Crippen molar-refractivity contribution in [2.75, 3.05) is 25.1 Å². The van der Waals surface area contributed by atoms with E-state index >= 15 is 0 Å². The van der Waals surface area contributed by atoms with Gasteiger partial charge in [0, 0.05) is 16.6 Å². The van der Waals surface area contributed by atoms with Crippen LogP contribution in [0.3, 0.4) is 0 Å². The van der Waals surface area contributed by atoms with Gasteiger partial charge in [-0.1, -0.05) is 0 Å². The van der Waals surface area contributed by atoms with Crippen LogP contribution in [0.15, 0.2) is 23.1 Å². The zero-order valence-corrected chi connectivity index (χ0v) is 10.2. The minimum atomic E-state index is -0.185. The third-order valence-electron chi connectivity index (χ3n) is 1.91. The molecule has 0 radical (unpaired) electrons. The van der Waals surface area contributed by atoms with Gasteiger partial charge in [0.05, 0.1) is 18.9 Å². The molecular formula is C11H13N3O2S. The summed E-state index contributed by atoms with van der Waals surface area (Å²) < 4.78 is 5.15. The predicted molar refractivity (Wildman–Crippen MR) is 66.8 cm³/mol. The molecule has 17 heavy (non-hydrogen) atoms. The first-order valence-electron chi connectivity index (χ1n) is 4.87. The molecule has 5 nitrogen and oxygen atoms in total. The van der Waals surface area contributed by atoms with Crippen LogP contribution in [-0.2, 0) is 4.79 Å². The molecule has 0 bridgehead atoms. The number of anilines is 1. The summed E-state index contributed by atoms with van der Waals surface area (Å²) in [6, 6.07) is 7.10. The summed E-state index contributed by atoms with van der Waals surface area (Å²) in [6.07, 6.45) is 0. The number of nitrogen functional groups attached to an aromatic ring is 1. The highest BCUT2D eigenvalue weighted by molar-refractivity contribution is 8.00. The quantitative estimate of drug-likeness (QED) is 0.463. The third-order valence-corrected chi connectivity index (χ3v) is 2.97. The Bertz CT molecular complexity index is 443. The molecule has 0 unspecified atom stereocenters. The van der Waals surface area contributed by atoms with Crippen LogP contribution < -0.4 is 15.8 Å². The monoisotopic (exact) mass is 251 g/mol. The summed E-state index contributed by atoms with van der Waals surface area (Å²) in [4.78, 5) is 12.1. The molecule has 0 aliphatic carbocycles. The van der Waals surface area contributed by atoms with Gasteiger partial charge in [0.2, 0.25) is 5.91 Å². The van der Waals surface area contributed by atoms with E-state index in [9.17, 15) is 4.79 Å². The molecule has 1 amide bonds. The number of hydrogen-bond acceptors (Lipinski definition) is 5. The number of nitrogens with one attached hydrogen (secondary N) is 1. The van der Waals surface area contributed by atoms with Gasteiger partial charge in [0.25, 0.3) is 0 Å². The van der Waals surface area contributed by atoms with Crippen molar-refractivity contribution in [3.63, 3.8) is 0 Å². The van der Waals surface area contributed by atoms with Crippen LogP contribution in [0.4, 0.5) is 5.69 Å². The Kier molecular flexibility index (Phi) is 5.17. The van der Waals surface area contributed by atoms with Gasteiger partial charge in [-0.25, -0.2) is 0 Å². The van der Waals surface area contributed by atoms with Crippen LogP contribution in [0.5, 0.6) is 5.75 Å². The number of carbonyl (C=O) groups excluding carboxylic acids is 1. The summed E-state index contributed by atoms with van der Waals surface area (Å²) >= 11 is 1.34. The Morgan fingerprint density at radius 3 is 3.06 bits per heavy atom. The number of methoxy groups -OCH3 is 1. The highest BCUT2D eigenvalue weighted by Gasteiger charge is 2.07. The smallest absolute Gasteiger partial charge is 0.231 e. The summed E-state index contributed by atoms with van der Waals surface area (Å²) in [5.41, 5.74) is 6.23. The van der Waals surface area contributed by atoms with E-state index in [1.54, 1.807) is 25.3 Å². The van der Waals surface area contributed by atoms with E-state index in [0.29, 0.717) is 11.4 Å². The van der Waals surface area contributed by atoms with Crippen LogP contribution in [0.1, 0.15) is 0 Å². The van der Waals surface area contributed by atoms with E-state index in [4.69, 9.17) is 15.7 Å². The Hall–Kier alpha value is -1.87. The summed E-state index contributed by atoms with van der Waals surface area (Å²) in [6.45, 7) is 0.0261. The molecule has 0 aliphatic rings. The van der Waals surface area contributed by atoms with Gasteiger partial charge < -0.3 is 15.8 Å². The zero-order chi connectivity index (χ0) is 12.7. The second kappa shape index (κ2) is 6.66. The molecule has 0 saturated carbocycles. The minimum absolute atomic E-state index is 0.0261. The van der Waals surface area contributed by atoms with Gasteiger partial charge >= 0.3 is 0 Å². The fraction of sp³-hybridized carbons (Fsp3) is 0.273. The minimum Gasteiger partial charge on any atom is -0.496 e. The Morgan fingerprint density at radius 2 is 2.41 bits per heavy atom. The van der Waals surface area contributed by atoms with Gasteiger partial charge in [-0.15, -0.1) is 11.8 Å². The lowest BCUT2D eigenvalue weighted by atomic mass is 10.3. The lowest BCUT2D eigenvalue weighted by Crippen LogP contribution is -2.25. The number of nitrogens with zero attached hydrogens (tertiary/aromatic N) is 1. The largest absolute Gasteiger partial charge is 0.496 e. The summed E-state index contributed by atoms with van der Waals surface area (Å²) in [5, 5.41) is 10.8. The fourth-order valence-electron chi connectivity index (χ4n) is 1.14. The maximum absolute atomic E-state index is 11.3. The maximum Gasteiger partial charge on any atom is 0.231 e. The lowest BCUT2D eigenvalue weighted by Gasteiger charge is -2.08. The molecular weight excluding hydrogens is 238 g/mol. The Morgan fingerprint density at radius 1 is 1.65 bits per heavy atom. The number of benzene rings is 1. The molecule has 0 heterocycles. The molecule has 0 aromatic heterocycles. The number of ether oxygens (including phenoxy) is 1. The van der Waals surface area contributed by atoms with Crippen molar-refractivity contribution >= 4 is 23.4 Å². The normalized spacial score (nSPS) is 9.41. The van der Waals surface area contributed by atoms with Crippen molar-refractivity contribution in [1.29, 1.82) is 5.26 Å². The lowest BCUT2D eigenvalue weighted by molar-refractivity contribution is -0.118. The summed E-state index contributed by atoms with van der Waals surface area (Å²) in [5.74, 6) is 0.695. The number of carbonyl (C=O) groups is 1. The van der Waals surface area contributed by atoms with Crippen molar-refractivity contribution in [1.82, 2.24) is 5.32 Å². The molecule has 1 aromatic carbocycles. The first kappa shape index (κ1) is 13.2. The third kappa shape index (κ3) is 4.25. The van der Waals surface area contributed by atoms with E-state index in [0.717, 1.165) is 4.90 Å². The first-order chi connectivity index (χ1) is 8.17. The average Bonchev–Trinajstić information content (AvgIpc) is 2.34. The topological polar surface area (TPSA) is 88.1 Å². The van der Waals surface area contributed by atoms with Gasteiger partial charge in [-0.2, -0.15) is 5.26 Å². The van der Waals surface area contributed by atoms with Crippen LogP contribution in [0, 0.1) is 11.3 Å². The van der Waals surface area contributed by atoms with E-state index in [1.165, 1.54) is 11.8 Å². The molecule has 0 aliphatic heterocycles. The second-order valence-corrected chi connectivity index (χ2v) is 4.15. The highest BCUT2D eigenvalue weighted by Crippen LogP contribution is 2.30. The number of rotatable bonds is 5. The Balaban J connectivity index is 2.57. The predicted octanol–water partition coefficient (Wildman–Crippen LogP) is 1.01. The molecule has 3 N–H and O–H groups in total. The number of hydrogen-bond donors (Lipinski definition) is 2. The fourth-order valence-corrected chi connectivity index (χ4v) is 1.97. The zero-order valence-electron chi connectivity index (χ0n) is 9.40. The maximum atomic E-state index is 11.3. The molecule has 0 saturated heterocycles.